The lowest BCUT2D eigenvalue weighted by molar-refractivity contribution is -0.117. The van der Waals surface area contributed by atoms with Gasteiger partial charge in [0.25, 0.3) is 0 Å². The highest BCUT2D eigenvalue weighted by molar-refractivity contribution is 7.99. The molecule has 0 spiro atoms. The fraction of sp³-hybridized carbons (Fsp3) is 0.238. The van der Waals surface area contributed by atoms with E-state index in [9.17, 15) is 4.79 Å². The molecule has 0 bridgehead atoms. The number of amides is 1. The van der Waals surface area contributed by atoms with Crippen LogP contribution in [0.25, 0.3) is 11.3 Å². The third-order valence-electron chi connectivity index (χ3n) is 4.68. The van der Waals surface area contributed by atoms with Crippen molar-refractivity contribution < 1.29 is 4.79 Å². The van der Waals surface area contributed by atoms with Crippen molar-refractivity contribution in [2.24, 2.45) is 0 Å². The molecular weight excluding hydrogens is 342 g/mol. The largest absolute Gasteiger partial charge is 0.326 e. The summed E-state index contributed by atoms with van der Waals surface area (Å²) in [5, 5.41) is 4.13. The van der Waals surface area contributed by atoms with Crippen LogP contribution < -0.4 is 5.32 Å². The van der Waals surface area contributed by atoms with E-state index in [2.05, 4.69) is 21.1 Å². The lowest BCUT2D eigenvalue weighted by atomic mass is 9.95. The molecule has 0 saturated carbocycles. The van der Waals surface area contributed by atoms with Crippen LogP contribution in [0.3, 0.4) is 0 Å². The van der Waals surface area contributed by atoms with E-state index in [0.717, 1.165) is 46.4 Å². The highest BCUT2D eigenvalue weighted by atomic mass is 32.2. The highest BCUT2D eigenvalue weighted by Gasteiger charge is 2.19. The molecule has 4 nitrogen and oxygen atoms in total. The number of aromatic nitrogens is 2. The summed E-state index contributed by atoms with van der Waals surface area (Å²) in [4.78, 5) is 17.3. The summed E-state index contributed by atoms with van der Waals surface area (Å²) in [6.45, 7) is 3.06. The Morgan fingerprint density at radius 3 is 2.65 bits per heavy atom. The van der Waals surface area contributed by atoms with Crippen molar-refractivity contribution in [1.29, 1.82) is 0 Å². The van der Waals surface area contributed by atoms with Gasteiger partial charge >= 0.3 is 0 Å². The van der Waals surface area contributed by atoms with Gasteiger partial charge in [-0.05, 0) is 24.1 Å². The van der Waals surface area contributed by atoms with E-state index >= 15 is 0 Å². The number of fused-ring (bicyclic) bond motifs is 1. The van der Waals surface area contributed by atoms with E-state index in [1.807, 2.05) is 61.5 Å². The quantitative estimate of drug-likeness (QED) is 0.709. The Hall–Kier alpha value is -2.53. The van der Waals surface area contributed by atoms with Crippen LogP contribution in [0.15, 0.2) is 66.0 Å². The molecule has 0 fully saturated rings. The number of hydrogen-bond donors (Lipinski definition) is 1. The van der Waals surface area contributed by atoms with Gasteiger partial charge in [-0.25, -0.2) is 4.98 Å². The smallest absolute Gasteiger partial charge is 0.231 e. The van der Waals surface area contributed by atoms with Gasteiger partial charge in [0, 0.05) is 29.7 Å². The second kappa shape index (κ2) is 7.38. The molecule has 5 heteroatoms. The van der Waals surface area contributed by atoms with E-state index in [1.54, 1.807) is 11.8 Å². The first-order chi connectivity index (χ1) is 12.7. The first kappa shape index (κ1) is 16.9. The molecule has 2 aromatic carbocycles. The van der Waals surface area contributed by atoms with Crippen molar-refractivity contribution >= 4 is 23.4 Å². The molecule has 4 rings (SSSR count). The lowest BCUT2D eigenvalue weighted by Gasteiger charge is -2.15. The van der Waals surface area contributed by atoms with Crippen molar-refractivity contribution in [2.45, 2.75) is 31.0 Å². The highest BCUT2D eigenvalue weighted by Crippen LogP contribution is 2.29. The molecule has 1 amide bonds. The number of hydrogen-bond acceptors (Lipinski definition) is 3. The van der Waals surface area contributed by atoms with Gasteiger partial charge in [-0.2, -0.15) is 0 Å². The lowest BCUT2D eigenvalue weighted by Crippen LogP contribution is -2.20. The number of benzene rings is 2. The standard InChI is InChI=1S/C21H21N3OS/c1-2-18(15-6-4-3-5-7-15)20(25)22-17-10-8-16(9-11-17)19-14-24-12-13-26-21(24)23-19/h3-11,14,18H,2,12-13H2,1H3,(H,22,25)/t18-/m1/s1. The van der Waals surface area contributed by atoms with Gasteiger partial charge in [0.2, 0.25) is 5.91 Å². The Morgan fingerprint density at radius 1 is 1.19 bits per heavy atom. The molecule has 1 aliphatic rings. The number of thioether (sulfide) groups is 1. The number of rotatable bonds is 5. The summed E-state index contributed by atoms with van der Waals surface area (Å²) in [5.41, 5.74) is 3.92. The van der Waals surface area contributed by atoms with Gasteiger partial charge in [-0.1, -0.05) is 61.2 Å². The molecule has 0 radical (unpaired) electrons. The Morgan fingerprint density at radius 2 is 1.96 bits per heavy atom. The van der Waals surface area contributed by atoms with E-state index in [4.69, 9.17) is 0 Å². The molecule has 0 aliphatic carbocycles. The first-order valence-electron chi connectivity index (χ1n) is 8.91. The molecule has 1 aromatic heterocycles. The zero-order valence-corrected chi connectivity index (χ0v) is 15.5. The summed E-state index contributed by atoms with van der Waals surface area (Å²) in [6.07, 6.45) is 2.87. The van der Waals surface area contributed by atoms with Crippen LogP contribution in [-0.2, 0) is 11.3 Å². The molecule has 132 valence electrons. The van der Waals surface area contributed by atoms with E-state index in [1.165, 1.54) is 0 Å². The summed E-state index contributed by atoms with van der Waals surface area (Å²) >= 11 is 1.79. The fourth-order valence-electron chi connectivity index (χ4n) is 3.26. The maximum atomic E-state index is 12.7. The van der Waals surface area contributed by atoms with Crippen LogP contribution in [0.4, 0.5) is 5.69 Å². The first-order valence-corrected chi connectivity index (χ1v) is 9.89. The number of imidazole rings is 1. The predicted octanol–water partition coefficient (Wildman–Crippen LogP) is 4.79. The molecule has 1 aliphatic heterocycles. The number of carbonyl (C=O) groups excluding carboxylic acids is 1. The molecular formula is C21H21N3OS. The molecule has 1 N–H and O–H groups in total. The van der Waals surface area contributed by atoms with Crippen LogP contribution in [0.2, 0.25) is 0 Å². The van der Waals surface area contributed by atoms with Crippen LogP contribution >= 0.6 is 11.8 Å². The zero-order chi connectivity index (χ0) is 17.9. The van der Waals surface area contributed by atoms with Crippen molar-refractivity contribution in [3.05, 3.63) is 66.4 Å². The monoisotopic (exact) mass is 363 g/mol. The Bertz CT molecular complexity index is 881. The number of aryl methyl sites for hydroxylation is 1. The van der Waals surface area contributed by atoms with Gasteiger partial charge < -0.3 is 9.88 Å². The maximum absolute atomic E-state index is 12.7. The predicted molar refractivity (Wildman–Crippen MR) is 106 cm³/mol. The van der Waals surface area contributed by atoms with Crippen LogP contribution in [0, 0.1) is 0 Å². The summed E-state index contributed by atoms with van der Waals surface area (Å²) in [6, 6.07) is 17.9. The van der Waals surface area contributed by atoms with Crippen molar-refractivity contribution in [1.82, 2.24) is 9.55 Å². The average Bonchev–Trinajstić information content (AvgIpc) is 3.26. The minimum Gasteiger partial charge on any atom is -0.326 e. The van der Waals surface area contributed by atoms with E-state index in [0.29, 0.717) is 0 Å². The zero-order valence-electron chi connectivity index (χ0n) is 14.7. The topological polar surface area (TPSA) is 46.9 Å². The van der Waals surface area contributed by atoms with Crippen LogP contribution in [-0.4, -0.2) is 21.2 Å². The summed E-state index contributed by atoms with van der Waals surface area (Å²) in [7, 11) is 0. The third kappa shape index (κ3) is 3.40. The normalized spacial score (nSPS) is 14.0. The Labute approximate surface area is 157 Å². The summed E-state index contributed by atoms with van der Waals surface area (Å²) in [5.74, 6) is 1.00. The molecule has 0 unspecified atom stereocenters. The van der Waals surface area contributed by atoms with E-state index in [-0.39, 0.29) is 11.8 Å². The second-order valence-corrected chi connectivity index (χ2v) is 7.45. The molecule has 2 heterocycles. The number of anilines is 1. The van der Waals surface area contributed by atoms with Crippen molar-refractivity contribution in [3.63, 3.8) is 0 Å². The van der Waals surface area contributed by atoms with Crippen molar-refractivity contribution in [2.75, 3.05) is 11.1 Å². The molecule has 3 aromatic rings. The van der Waals surface area contributed by atoms with Gasteiger partial charge in [0.1, 0.15) is 0 Å². The molecule has 26 heavy (non-hydrogen) atoms. The van der Waals surface area contributed by atoms with Gasteiger partial charge in [0.15, 0.2) is 5.16 Å². The number of carbonyl (C=O) groups is 1. The molecule has 0 saturated heterocycles. The average molecular weight is 363 g/mol. The van der Waals surface area contributed by atoms with E-state index < -0.39 is 0 Å². The number of nitrogens with one attached hydrogen (secondary N) is 1. The molecule has 1 atom stereocenters. The maximum Gasteiger partial charge on any atom is 0.231 e. The van der Waals surface area contributed by atoms with Crippen LogP contribution in [0.5, 0.6) is 0 Å². The van der Waals surface area contributed by atoms with Gasteiger partial charge in [-0.15, -0.1) is 0 Å². The minimum absolute atomic E-state index is 0.0313. The van der Waals surface area contributed by atoms with Crippen molar-refractivity contribution in [3.8, 4) is 11.3 Å². The van der Waals surface area contributed by atoms with Gasteiger partial charge in [0.05, 0.1) is 11.6 Å². The number of nitrogens with zero attached hydrogens (tertiary/aromatic N) is 2. The van der Waals surface area contributed by atoms with Crippen LogP contribution in [0.1, 0.15) is 24.8 Å². The summed E-state index contributed by atoms with van der Waals surface area (Å²) < 4.78 is 2.20. The Balaban J connectivity index is 1.47. The Kier molecular flexibility index (Phi) is 4.80. The van der Waals surface area contributed by atoms with Gasteiger partial charge in [-0.3, -0.25) is 4.79 Å². The minimum atomic E-state index is -0.135. The fourth-order valence-corrected chi connectivity index (χ4v) is 4.20. The SMILES string of the molecule is CC[C@@H](C(=O)Nc1ccc(-c2cn3c(n2)SCC3)cc1)c1ccccc1. The third-order valence-corrected chi connectivity index (χ3v) is 5.65. The second-order valence-electron chi connectivity index (χ2n) is 6.39.